The van der Waals surface area contributed by atoms with Crippen LogP contribution in [-0.4, -0.2) is 70.4 Å². The van der Waals surface area contributed by atoms with Gasteiger partial charge in [-0.15, -0.1) is 0 Å². The van der Waals surface area contributed by atoms with E-state index in [-0.39, 0.29) is 5.91 Å². The van der Waals surface area contributed by atoms with Crippen molar-refractivity contribution in [2.75, 3.05) is 45.1 Å². The number of nitrogens with zero attached hydrogens (tertiary/aromatic N) is 4. The Morgan fingerprint density at radius 1 is 1.14 bits per heavy atom. The second-order valence-electron chi connectivity index (χ2n) is 7.45. The average Bonchev–Trinajstić information content (AvgIpc) is 3.08. The number of H-pyrrole nitrogens is 1. The molecule has 1 aromatic carbocycles. The molecule has 4 rings (SSSR count). The van der Waals surface area contributed by atoms with Gasteiger partial charge in [0.25, 0.3) is 5.91 Å². The molecule has 0 aliphatic carbocycles. The van der Waals surface area contributed by atoms with Crippen molar-refractivity contribution in [3.8, 4) is 0 Å². The number of aromatic nitrogens is 3. The van der Waals surface area contributed by atoms with Crippen molar-refractivity contribution in [3.63, 3.8) is 0 Å². The van der Waals surface area contributed by atoms with E-state index in [1.54, 1.807) is 12.4 Å². The molecule has 3 aromatic rings. The van der Waals surface area contributed by atoms with Crippen LogP contribution in [0.5, 0.6) is 0 Å². The van der Waals surface area contributed by atoms with Crippen LogP contribution in [0.3, 0.4) is 0 Å². The van der Waals surface area contributed by atoms with Gasteiger partial charge in [0, 0.05) is 44.6 Å². The highest BCUT2D eigenvalue weighted by atomic mass is 16.1. The maximum Gasteiger partial charge on any atom is 0.259 e. The summed E-state index contributed by atoms with van der Waals surface area (Å²) in [7, 11) is 2.17. The summed E-state index contributed by atoms with van der Waals surface area (Å²) >= 11 is 0. The Kier molecular flexibility index (Phi) is 5.36. The normalized spacial score (nSPS) is 15.8. The molecule has 1 amide bonds. The van der Waals surface area contributed by atoms with Crippen LogP contribution < -0.4 is 5.32 Å². The van der Waals surface area contributed by atoms with Gasteiger partial charge in [-0.2, -0.15) is 0 Å². The number of hydrogen-bond acceptors (Lipinski definition) is 5. The Hall–Kier alpha value is -2.77. The molecule has 0 saturated carbocycles. The highest BCUT2D eigenvalue weighted by Gasteiger charge is 2.15. The minimum Gasteiger partial charge on any atom is -0.341 e. The van der Waals surface area contributed by atoms with Gasteiger partial charge in [-0.3, -0.25) is 9.78 Å². The van der Waals surface area contributed by atoms with E-state index in [0.29, 0.717) is 11.1 Å². The predicted molar refractivity (Wildman–Crippen MR) is 111 cm³/mol. The van der Waals surface area contributed by atoms with Crippen molar-refractivity contribution in [1.82, 2.24) is 24.8 Å². The Morgan fingerprint density at radius 3 is 2.64 bits per heavy atom. The van der Waals surface area contributed by atoms with Gasteiger partial charge in [-0.1, -0.05) is 12.1 Å². The number of pyridine rings is 1. The molecule has 0 atom stereocenters. The smallest absolute Gasteiger partial charge is 0.259 e. The summed E-state index contributed by atoms with van der Waals surface area (Å²) in [6.07, 6.45) is 4.26. The Labute approximate surface area is 164 Å². The molecule has 2 N–H and O–H groups in total. The van der Waals surface area contributed by atoms with Gasteiger partial charge < -0.3 is 20.1 Å². The maximum atomic E-state index is 12.7. The zero-order chi connectivity index (χ0) is 19.5. The molecule has 7 heteroatoms. The summed E-state index contributed by atoms with van der Waals surface area (Å²) in [5.41, 5.74) is 3.94. The first-order valence-corrected chi connectivity index (χ1v) is 9.70. The SMILES string of the molecule is Cc1nc2c(C(=O)Nc3ccc(CCN4CCN(C)CC4)cc3)cncc2[nH]1. The van der Waals surface area contributed by atoms with E-state index in [2.05, 4.69) is 49.2 Å². The third-order valence-corrected chi connectivity index (χ3v) is 5.28. The van der Waals surface area contributed by atoms with E-state index in [9.17, 15) is 4.79 Å². The number of aromatic amines is 1. The lowest BCUT2D eigenvalue weighted by atomic mass is 10.1. The molecular weight excluding hydrogens is 352 g/mol. The largest absolute Gasteiger partial charge is 0.341 e. The summed E-state index contributed by atoms with van der Waals surface area (Å²) in [5, 5.41) is 2.95. The van der Waals surface area contributed by atoms with E-state index in [1.807, 2.05) is 19.1 Å². The highest BCUT2D eigenvalue weighted by molar-refractivity contribution is 6.11. The van der Waals surface area contributed by atoms with Crippen LogP contribution in [0, 0.1) is 6.92 Å². The molecule has 0 unspecified atom stereocenters. The van der Waals surface area contributed by atoms with Gasteiger partial charge in [0.15, 0.2) is 0 Å². The molecule has 2 aromatic heterocycles. The fraction of sp³-hybridized carbons (Fsp3) is 0.381. The number of imidazole rings is 1. The van der Waals surface area contributed by atoms with Crippen molar-refractivity contribution in [1.29, 1.82) is 0 Å². The quantitative estimate of drug-likeness (QED) is 0.712. The van der Waals surface area contributed by atoms with Gasteiger partial charge in [0.2, 0.25) is 0 Å². The monoisotopic (exact) mass is 378 g/mol. The summed E-state index contributed by atoms with van der Waals surface area (Å²) < 4.78 is 0. The Bertz CT molecular complexity index is 957. The lowest BCUT2D eigenvalue weighted by molar-refractivity contribution is 0.102. The fourth-order valence-corrected chi connectivity index (χ4v) is 3.53. The molecule has 1 aliphatic rings. The van der Waals surface area contributed by atoms with Gasteiger partial charge in [-0.25, -0.2) is 4.98 Å². The molecule has 7 nitrogen and oxygen atoms in total. The number of fused-ring (bicyclic) bond motifs is 1. The topological polar surface area (TPSA) is 77.2 Å². The number of anilines is 1. The zero-order valence-corrected chi connectivity index (χ0v) is 16.4. The van der Waals surface area contributed by atoms with Crippen LogP contribution >= 0.6 is 0 Å². The lowest BCUT2D eigenvalue weighted by Crippen LogP contribution is -2.45. The van der Waals surface area contributed by atoms with Crippen molar-refractivity contribution in [2.24, 2.45) is 0 Å². The van der Waals surface area contributed by atoms with Crippen molar-refractivity contribution in [2.45, 2.75) is 13.3 Å². The first-order chi connectivity index (χ1) is 13.6. The average molecular weight is 378 g/mol. The van der Waals surface area contributed by atoms with Crippen LogP contribution in [0.4, 0.5) is 5.69 Å². The van der Waals surface area contributed by atoms with Gasteiger partial charge in [-0.05, 0) is 38.1 Å². The molecule has 0 spiro atoms. The molecular formula is C21H26N6O. The number of benzene rings is 1. The minimum absolute atomic E-state index is 0.199. The van der Waals surface area contributed by atoms with Crippen molar-refractivity contribution < 1.29 is 4.79 Å². The van der Waals surface area contributed by atoms with E-state index in [1.165, 1.54) is 5.56 Å². The number of carbonyl (C=O) groups excluding carboxylic acids is 1. The van der Waals surface area contributed by atoms with Gasteiger partial charge in [0.05, 0.1) is 17.3 Å². The van der Waals surface area contributed by atoms with E-state index >= 15 is 0 Å². The van der Waals surface area contributed by atoms with Crippen LogP contribution in [0.1, 0.15) is 21.7 Å². The molecule has 28 heavy (non-hydrogen) atoms. The van der Waals surface area contributed by atoms with E-state index in [4.69, 9.17) is 0 Å². The summed E-state index contributed by atoms with van der Waals surface area (Å²) in [4.78, 5) is 29.2. The van der Waals surface area contributed by atoms with Crippen LogP contribution in [0.25, 0.3) is 11.0 Å². The lowest BCUT2D eigenvalue weighted by Gasteiger charge is -2.32. The van der Waals surface area contributed by atoms with Crippen LogP contribution in [0.15, 0.2) is 36.7 Å². The first-order valence-electron chi connectivity index (χ1n) is 9.70. The number of aryl methyl sites for hydroxylation is 1. The molecule has 3 heterocycles. The highest BCUT2D eigenvalue weighted by Crippen LogP contribution is 2.17. The second-order valence-corrected chi connectivity index (χ2v) is 7.45. The van der Waals surface area contributed by atoms with Crippen LogP contribution in [0.2, 0.25) is 0 Å². The fourth-order valence-electron chi connectivity index (χ4n) is 3.53. The molecule has 1 saturated heterocycles. The third kappa shape index (κ3) is 4.21. The molecule has 0 bridgehead atoms. The second kappa shape index (κ2) is 8.08. The summed E-state index contributed by atoms with van der Waals surface area (Å²) in [5.74, 6) is 0.566. The Morgan fingerprint density at radius 2 is 1.89 bits per heavy atom. The minimum atomic E-state index is -0.199. The van der Waals surface area contributed by atoms with Crippen LogP contribution in [-0.2, 0) is 6.42 Å². The first kappa shape index (κ1) is 18.6. The predicted octanol–water partition coefficient (Wildman–Crippen LogP) is 2.31. The third-order valence-electron chi connectivity index (χ3n) is 5.28. The number of hydrogen-bond donors (Lipinski definition) is 2. The molecule has 146 valence electrons. The molecule has 0 radical (unpaired) electrons. The summed E-state index contributed by atoms with van der Waals surface area (Å²) in [6.45, 7) is 7.49. The number of likely N-dealkylation sites (N-methyl/N-ethyl adjacent to an activating group) is 1. The van der Waals surface area contributed by atoms with Gasteiger partial charge in [0.1, 0.15) is 11.3 Å². The Balaban J connectivity index is 1.36. The maximum absolute atomic E-state index is 12.7. The number of carbonyl (C=O) groups is 1. The number of nitrogens with one attached hydrogen (secondary N) is 2. The van der Waals surface area contributed by atoms with E-state index < -0.39 is 0 Å². The van der Waals surface area contributed by atoms with Gasteiger partial charge >= 0.3 is 0 Å². The number of rotatable bonds is 5. The van der Waals surface area contributed by atoms with E-state index in [0.717, 1.165) is 56.2 Å². The zero-order valence-electron chi connectivity index (χ0n) is 16.4. The number of piperazine rings is 1. The van der Waals surface area contributed by atoms with Crippen molar-refractivity contribution in [3.05, 3.63) is 53.6 Å². The molecule has 1 fully saturated rings. The van der Waals surface area contributed by atoms with Crippen molar-refractivity contribution >= 4 is 22.6 Å². The number of amides is 1. The summed E-state index contributed by atoms with van der Waals surface area (Å²) in [6, 6.07) is 8.09. The molecule has 1 aliphatic heterocycles. The standard InChI is InChI=1S/C21H26N6O/c1-15-23-19-14-22-13-18(20(19)24-15)21(28)25-17-5-3-16(4-6-17)7-8-27-11-9-26(2)10-12-27/h3-6,13-14H,7-12H2,1-2H3,(H,23,24)(H,25,28).